The van der Waals surface area contributed by atoms with Gasteiger partial charge in [-0.05, 0) is 44.9 Å². The molecule has 0 amide bonds. The third-order valence-corrected chi connectivity index (χ3v) is 4.39. The molecule has 4 heteroatoms. The molecule has 1 heterocycles. The lowest BCUT2D eigenvalue weighted by molar-refractivity contribution is 0.00578. The Kier molecular flexibility index (Phi) is 5.59. The molecule has 0 aromatic carbocycles. The van der Waals surface area contributed by atoms with E-state index in [1.807, 2.05) is 0 Å². The molecule has 1 aliphatic heterocycles. The lowest BCUT2D eigenvalue weighted by atomic mass is 9.82. The van der Waals surface area contributed by atoms with Crippen LogP contribution >= 0.6 is 22.6 Å². The van der Waals surface area contributed by atoms with Crippen LogP contribution in [0.1, 0.15) is 53.4 Å². The van der Waals surface area contributed by atoms with E-state index in [0.29, 0.717) is 0 Å². The van der Waals surface area contributed by atoms with E-state index in [-0.39, 0.29) is 18.3 Å². The van der Waals surface area contributed by atoms with Crippen molar-refractivity contribution in [3.63, 3.8) is 0 Å². The van der Waals surface area contributed by atoms with Gasteiger partial charge < -0.3 is 9.31 Å². The SMILES string of the molecule is CC1(C)OB(CCCCCCI)OC1(C)C. The second-order valence-corrected chi connectivity index (χ2v) is 6.66. The van der Waals surface area contributed by atoms with Crippen LogP contribution in [0.5, 0.6) is 0 Å². The Labute approximate surface area is 114 Å². The fraction of sp³-hybridized carbons (Fsp3) is 1.00. The summed E-state index contributed by atoms with van der Waals surface area (Å²) in [6, 6.07) is 0. The Balaban J connectivity index is 2.21. The number of rotatable bonds is 6. The van der Waals surface area contributed by atoms with Crippen LogP contribution in [0, 0.1) is 0 Å². The normalized spacial score (nSPS) is 22.7. The first-order valence-electron chi connectivity index (χ1n) is 6.31. The zero-order valence-electron chi connectivity index (χ0n) is 11.0. The molecule has 1 saturated heterocycles. The van der Waals surface area contributed by atoms with Crippen molar-refractivity contribution in [3.8, 4) is 0 Å². The summed E-state index contributed by atoms with van der Waals surface area (Å²) >= 11 is 2.44. The molecule has 1 rings (SSSR count). The van der Waals surface area contributed by atoms with Gasteiger partial charge in [-0.2, -0.15) is 0 Å². The largest absolute Gasteiger partial charge is 0.457 e. The Morgan fingerprint density at radius 1 is 0.875 bits per heavy atom. The van der Waals surface area contributed by atoms with Gasteiger partial charge in [0.2, 0.25) is 0 Å². The maximum Gasteiger partial charge on any atom is 0.457 e. The second kappa shape index (κ2) is 6.05. The van der Waals surface area contributed by atoms with E-state index in [2.05, 4.69) is 50.3 Å². The van der Waals surface area contributed by atoms with Crippen molar-refractivity contribution in [2.24, 2.45) is 0 Å². The highest BCUT2D eigenvalue weighted by Crippen LogP contribution is 2.38. The molecule has 94 valence electrons. The van der Waals surface area contributed by atoms with E-state index in [9.17, 15) is 0 Å². The first kappa shape index (κ1) is 14.8. The Hall–Kier alpha value is 0.715. The molecular weight excluding hydrogens is 314 g/mol. The molecule has 0 atom stereocenters. The average Bonchev–Trinajstić information content (AvgIpc) is 2.35. The maximum atomic E-state index is 5.95. The first-order chi connectivity index (χ1) is 7.39. The molecular formula is C12H24BIO2. The van der Waals surface area contributed by atoms with Crippen molar-refractivity contribution in [1.29, 1.82) is 0 Å². The average molecular weight is 338 g/mol. The summed E-state index contributed by atoms with van der Waals surface area (Å²) in [7, 11) is 0.00426. The minimum absolute atomic E-state index is 0.00426. The van der Waals surface area contributed by atoms with Crippen LogP contribution in [0.3, 0.4) is 0 Å². The van der Waals surface area contributed by atoms with Gasteiger partial charge in [0.25, 0.3) is 0 Å². The molecule has 0 radical (unpaired) electrons. The standard InChI is InChI=1S/C12H24BIO2/c1-11(2)12(3,4)16-13(15-11)9-7-5-6-8-10-14/h5-10H2,1-4H3. The number of unbranched alkanes of at least 4 members (excludes halogenated alkanes) is 3. The zero-order valence-corrected chi connectivity index (χ0v) is 13.2. The topological polar surface area (TPSA) is 18.5 Å². The molecule has 16 heavy (non-hydrogen) atoms. The van der Waals surface area contributed by atoms with Crippen LogP contribution in [0.15, 0.2) is 0 Å². The van der Waals surface area contributed by atoms with Gasteiger partial charge in [-0.1, -0.05) is 41.9 Å². The zero-order chi connectivity index (χ0) is 12.2. The van der Waals surface area contributed by atoms with E-state index in [1.165, 1.54) is 30.1 Å². The van der Waals surface area contributed by atoms with Crippen LogP contribution in [0.25, 0.3) is 0 Å². The van der Waals surface area contributed by atoms with Crippen molar-refractivity contribution in [2.45, 2.75) is 70.9 Å². The van der Waals surface area contributed by atoms with Crippen LogP contribution in [0.4, 0.5) is 0 Å². The highest BCUT2D eigenvalue weighted by atomic mass is 127. The molecule has 2 nitrogen and oxygen atoms in total. The summed E-state index contributed by atoms with van der Waals surface area (Å²) in [5.41, 5.74) is -0.334. The Morgan fingerprint density at radius 3 is 1.88 bits per heavy atom. The predicted octanol–water partition coefficient (Wildman–Crippen LogP) is 4.07. The van der Waals surface area contributed by atoms with E-state index < -0.39 is 0 Å². The van der Waals surface area contributed by atoms with Crippen LogP contribution in [0.2, 0.25) is 6.32 Å². The minimum atomic E-state index is -0.167. The fourth-order valence-electron chi connectivity index (χ4n) is 1.84. The van der Waals surface area contributed by atoms with Gasteiger partial charge in [0.05, 0.1) is 11.2 Å². The van der Waals surface area contributed by atoms with Crippen LogP contribution in [-0.2, 0) is 9.31 Å². The molecule has 0 aromatic rings. The fourth-order valence-corrected chi connectivity index (χ4v) is 2.38. The summed E-state index contributed by atoms with van der Waals surface area (Å²) in [5, 5.41) is 0. The monoisotopic (exact) mass is 338 g/mol. The number of halogens is 1. The van der Waals surface area contributed by atoms with Crippen molar-refractivity contribution >= 4 is 29.7 Å². The number of hydrogen-bond donors (Lipinski definition) is 0. The van der Waals surface area contributed by atoms with E-state index in [1.54, 1.807) is 0 Å². The Morgan fingerprint density at radius 2 is 1.38 bits per heavy atom. The molecule has 0 aliphatic carbocycles. The summed E-state index contributed by atoms with van der Waals surface area (Å²) < 4.78 is 13.2. The lowest BCUT2D eigenvalue weighted by Crippen LogP contribution is -2.41. The molecule has 1 aliphatic rings. The number of hydrogen-bond acceptors (Lipinski definition) is 2. The van der Waals surface area contributed by atoms with Crippen molar-refractivity contribution in [1.82, 2.24) is 0 Å². The van der Waals surface area contributed by atoms with Gasteiger partial charge in [0.1, 0.15) is 0 Å². The third-order valence-electron chi connectivity index (χ3n) is 3.63. The van der Waals surface area contributed by atoms with Crippen molar-refractivity contribution < 1.29 is 9.31 Å². The molecule has 0 aromatic heterocycles. The summed E-state index contributed by atoms with van der Waals surface area (Å²) in [6.07, 6.45) is 6.22. The van der Waals surface area contributed by atoms with Gasteiger partial charge in [0.15, 0.2) is 0 Å². The van der Waals surface area contributed by atoms with Gasteiger partial charge in [-0.25, -0.2) is 0 Å². The van der Waals surface area contributed by atoms with E-state index in [4.69, 9.17) is 9.31 Å². The van der Waals surface area contributed by atoms with Gasteiger partial charge in [-0.15, -0.1) is 0 Å². The predicted molar refractivity (Wildman–Crippen MR) is 78.2 cm³/mol. The number of alkyl halides is 1. The smallest absolute Gasteiger partial charge is 0.403 e. The second-order valence-electron chi connectivity index (χ2n) is 5.58. The van der Waals surface area contributed by atoms with Gasteiger partial charge >= 0.3 is 7.12 Å². The molecule has 0 spiro atoms. The van der Waals surface area contributed by atoms with Crippen molar-refractivity contribution in [2.75, 3.05) is 4.43 Å². The quantitative estimate of drug-likeness (QED) is 0.315. The minimum Gasteiger partial charge on any atom is -0.403 e. The molecule has 0 N–H and O–H groups in total. The van der Waals surface area contributed by atoms with Crippen LogP contribution in [-0.4, -0.2) is 22.7 Å². The molecule has 0 unspecified atom stereocenters. The summed E-state index contributed by atoms with van der Waals surface area (Å²) in [5.74, 6) is 0. The van der Waals surface area contributed by atoms with Gasteiger partial charge in [0, 0.05) is 0 Å². The summed E-state index contributed by atoms with van der Waals surface area (Å²) in [6.45, 7) is 8.46. The highest BCUT2D eigenvalue weighted by Gasteiger charge is 2.50. The summed E-state index contributed by atoms with van der Waals surface area (Å²) in [4.78, 5) is 0. The molecule has 1 fully saturated rings. The van der Waals surface area contributed by atoms with E-state index in [0.717, 1.165) is 6.32 Å². The maximum absolute atomic E-state index is 5.95. The van der Waals surface area contributed by atoms with Crippen molar-refractivity contribution in [3.05, 3.63) is 0 Å². The Bertz CT molecular complexity index is 203. The highest BCUT2D eigenvalue weighted by molar-refractivity contribution is 14.1. The molecule has 0 saturated carbocycles. The first-order valence-corrected chi connectivity index (χ1v) is 7.83. The lowest BCUT2D eigenvalue weighted by Gasteiger charge is -2.32. The third kappa shape index (κ3) is 3.88. The van der Waals surface area contributed by atoms with Crippen LogP contribution < -0.4 is 0 Å². The van der Waals surface area contributed by atoms with Gasteiger partial charge in [-0.3, -0.25) is 0 Å². The van der Waals surface area contributed by atoms with E-state index >= 15 is 0 Å². The molecule has 0 bridgehead atoms.